The van der Waals surface area contributed by atoms with Gasteiger partial charge in [-0.3, -0.25) is 9.59 Å². The highest BCUT2D eigenvalue weighted by molar-refractivity contribution is 5.92. The van der Waals surface area contributed by atoms with Crippen molar-refractivity contribution in [3.05, 3.63) is 11.6 Å². The predicted octanol–water partition coefficient (Wildman–Crippen LogP) is 3.31. The van der Waals surface area contributed by atoms with Gasteiger partial charge in [0.25, 0.3) is 0 Å². The molecule has 0 aliphatic heterocycles. The summed E-state index contributed by atoms with van der Waals surface area (Å²) in [6.45, 7) is 4.50. The molecule has 4 rings (SSSR count). The molecule has 6 atom stereocenters. The standard InChI is InChI=1S/C20H28O3/c1-12-9-14(22)10-13-3-4-15-16-5-6-18(23)19(16,2)8-7-17(15)20(12,13)11-21/h10,12,15-17,21H,3-9,11H2,1-2H3/t12-,15-,16-,17-,19-,20-/m0/s1. The van der Waals surface area contributed by atoms with E-state index in [4.69, 9.17) is 0 Å². The molecule has 0 aromatic heterocycles. The number of rotatable bonds is 1. The monoisotopic (exact) mass is 316 g/mol. The maximum absolute atomic E-state index is 12.4. The number of ketones is 2. The van der Waals surface area contributed by atoms with Crippen LogP contribution in [0.4, 0.5) is 0 Å². The van der Waals surface area contributed by atoms with E-state index in [0.717, 1.165) is 38.5 Å². The van der Waals surface area contributed by atoms with Crippen LogP contribution in [-0.2, 0) is 9.59 Å². The summed E-state index contributed by atoms with van der Waals surface area (Å²) in [5.74, 6) is 2.39. The van der Waals surface area contributed by atoms with Crippen LogP contribution in [0.1, 0.15) is 58.8 Å². The summed E-state index contributed by atoms with van der Waals surface area (Å²) in [6, 6.07) is 0. The van der Waals surface area contributed by atoms with Crippen LogP contribution in [0.15, 0.2) is 11.6 Å². The maximum atomic E-state index is 12.4. The van der Waals surface area contributed by atoms with E-state index in [1.807, 2.05) is 6.08 Å². The number of carbonyl (C=O) groups excluding carboxylic acids is 2. The van der Waals surface area contributed by atoms with E-state index >= 15 is 0 Å². The third kappa shape index (κ3) is 1.86. The fraction of sp³-hybridized carbons (Fsp3) is 0.800. The molecule has 0 heterocycles. The van der Waals surface area contributed by atoms with Crippen molar-refractivity contribution in [2.24, 2.45) is 34.5 Å². The van der Waals surface area contributed by atoms with Crippen molar-refractivity contribution >= 4 is 11.6 Å². The van der Waals surface area contributed by atoms with Gasteiger partial charge in [-0.1, -0.05) is 19.4 Å². The molecule has 4 aliphatic rings. The lowest BCUT2D eigenvalue weighted by molar-refractivity contribution is -0.136. The summed E-state index contributed by atoms with van der Waals surface area (Å²) in [7, 11) is 0. The van der Waals surface area contributed by atoms with Crippen LogP contribution in [0.3, 0.4) is 0 Å². The highest BCUT2D eigenvalue weighted by Crippen LogP contribution is 2.65. The Bertz CT molecular complexity index is 592. The number of Topliss-reactive ketones (excluding diaryl/α,β-unsaturated/α-hetero) is 1. The van der Waals surface area contributed by atoms with Crippen LogP contribution in [0.25, 0.3) is 0 Å². The van der Waals surface area contributed by atoms with Crippen molar-refractivity contribution in [2.45, 2.75) is 58.8 Å². The first-order valence-electron chi connectivity index (χ1n) is 9.31. The lowest BCUT2D eigenvalue weighted by Gasteiger charge is -2.59. The van der Waals surface area contributed by atoms with E-state index in [1.165, 1.54) is 5.57 Å². The van der Waals surface area contributed by atoms with Gasteiger partial charge in [0.05, 0.1) is 6.61 Å². The Morgan fingerprint density at radius 3 is 2.70 bits per heavy atom. The largest absolute Gasteiger partial charge is 0.395 e. The average Bonchev–Trinajstić information content (AvgIpc) is 2.82. The van der Waals surface area contributed by atoms with Gasteiger partial charge in [-0.2, -0.15) is 0 Å². The van der Waals surface area contributed by atoms with Crippen LogP contribution >= 0.6 is 0 Å². The van der Waals surface area contributed by atoms with Gasteiger partial charge < -0.3 is 5.11 Å². The molecule has 4 aliphatic carbocycles. The van der Waals surface area contributed by atoms with E-state index in [9.17, 15) is 14.7 Å². The Morgan fingerprint density at radius 1 is 1.17 bits per heavy atom. The molecule has 0 bridgehead atoms. The summed E-state index contributed by atoms with van der Waals surface area (Å²) >= 11 is 0. The maximum Gasteiger partial charge on any atom is 0.155 e. The second kappa shape index (κ2) is 5.02. The molecule has 0 spiro atoms. The summed E-state index contributed by atoms with van der Waals surface area (Å²) in [5.41, 5.74) is 0.884. The zero-order chi connectivity index (χ0) is 16.4. The van der Waals surface area contributed by atoms with E-state index < -0.39 is 0 Å². The Morgan fingerprint density at radius 2 is 1.96 bits per heavy atom. The summed E-state index contributed by atoms with van der Waals surface area (Å²) in [6.07, 6.45) is 8.20. The van der Waals surface area contributed by atoms with Crippen LogP contribution < -0.4 is 0 Å². The van der Waals surface area contributed by atoms with Gasteiger partial charge in [0.2, 0.25) is 0 Å². The quantitative estimate of drug-likeness (QED) is 0.807. The van der Waals surface area contributed by atoms with Gasteiger partial charge in [-0.25, -0.2) is 0 Å². The molecule has 1 N–H and O–H groups in total. The van der Waals surface area contributed by atoms with E-state index in [1.54, 1.807) is 0 Å². The second-order valence-corrected chi connectivity index (χ2v) is 8.77. The summed E-state index contributed by atoms with van der Waals surface area (Å²) < 4.78 is 0. The Balaban J connectivity index is 1.76. The first kappa shape index (κ1) is 15.6. The van der Waals surface area contributed by atoms with Gasteiger partial charge in [-0.05, 0) is 61.9 Å². The number of fused-ring (bicyclic) bond motifs is 5. The molecule has 0 amide bonds. The fourth-order valence-electron chi connectivity index (χ4n) is 6.89. The molecule has 0 saturated heterocycles. The number of aliphatic hydroxyl groups is 1. The lowest BCUT2D eigenvalue weighted by atomic mass is 9.45. The molecule has 0 aromatic carbocycles. The molecular weight excluding hydrogens is 288 g/mol. The minimum absolute atomic E-state index is 0.118. The molecule has 3 saturated carbocycles. The number of hydrogen-bond donors (Lipinski definition) is 1. The molecule has 126 valence electrons. The molecule has 3 fully saturated rings. The van der Waals surface area contributed by atoms with E-state index in [2.05, 4.69) is 13.8 Å². The van der Waals surface area contributed by atoms with Crippen LogP contribution in [0.2, 0.25) is 0 Å². The van der Waals surface area contributed by atoms with Crippen molar-refractivity contribution in [1.29, 1.82) is 0 Å². The number of hydrogen-bond acceptors (Lipinski definition) is 3. The highest BCUT2D eigenvalue weighted by Gasteiger charge is 2.61. The van der Waals surface area contributed by atoms with Gasteiger partial charge in [0.1, 0.15) is 5.78 Å². The summed E-state index contributed by atoms with van der Waals surface area (Å²) in [5, 5.41) is 10.4. The first-order valence-corrected chi connectivity index (χ1v) is 9.31. The van der Waals surface area contributed by atoms with Crippen molar-refractivity contribution in [1.82, 2.24) is 0 Å². The zero-order valence-electron chi connectivity index (χ0n) is 14.3. The van der Waals surface area contributed by atoms with Crippen molar-refractivity contribution in [3.63, 3.8) is 0 Å². The fourth-order valence-corrected chi connectivity index (χ4v) is 6.89. The number of carbonyl (C=O) groups is 2. The lowest BCUT2D eigenvalue weighted by Crippen LogP contribution is -2.55. The molecule has 0 radical (unpaired) electrons. The van der Waals surface area contributed by atoms with Crippen LogP contribution in [0, 0.1) is 34.5 Å². The van der Waals surface area contributed by atoms with Gasteiger partial charge in [0.15, 0.2) is 5.78 Å². The summed E-state index contributed by atoms with van der Waals surface area (Å²) in [4.78, 5) is 24.5. The smallest absolute Gasteiger partial charge is 0.155 e. The second-order valence-electron chi connectivity index (χ2n) is 8.77. The molecule has 3 heteroatoms. The van der Waals surface area contributed by atoms with Crippen LogP contribution in [0.5, 0.6) is 0 Å². The molecular formula is C20H28O3. The Labute approximate surface area is 138 Å². The normalized spacial score (nSPS) is 49.3. The third-order valence-corrected chi connectivity index (χ3v) is 8.14. The van der Waals surface area contributed by atoms with Crippen molar-refractivity contribution in [2.75, 3.05) is 6.61 Å². The third-order valence-electron chi connectivity index (χ3n) is 8.14. The minimum Gasteiger partial charge on any atom is -0.395 e. The van der Waals surface area contributed by atoms with Gasteiger partial charge in [-0.15, -0.1) is 0 Å². The SMILES string of the molecule is C[C@H]1CC(=O)C=C2CC[C@@H]3[C@H](CC[C@]4(C)C(=O)CC[C@@H]34)[C@]21CO. The first-order chi connectivity index (χ1) is 10.9. The zero-order valence-corrected chi connectivity index (χ0v) is 14.3. The topological polar surface area (TPSA) is 54.4 Å². The predicted molar refractivity (Wildman–Crippen MR) is 87.7 cm³/mol. The number of aliphatic hydroxyl groups excluding tert-OH is 1. The average molecular weight is 316 g/mol. The molecule has 3 nitrogen and oxygen atoms in total. The molecule has 0 unspecified atom stereocenters. The Hall–Kier alpha value is -0.960. The van der Waals surface area contributed by atoms with E-state index in [0.29, 0.717) is 30.0 Å². The highest BCUT2D eigenvalue weighted by atomic mass is 16.3. The van der Waals surface area contributed by atoms with Crippen LogP contribution in [-0.4, -0.2) is 23.3 Å². The van der Waals surface area contributed by atoms with Gasteiger partial charge >= 0.3 is 0 Å². The van der Waals surface area contributed by atoms with Crippen molar-refractivity contribution in [3.8, 4) is 0 Å². The Kier molecular flexibility index (Phi) is 3.39. The minimum atomic E-state index is -0.205. The van der Waals surface area contributed by atoms with Crippen molar-refractivity contribution < 1.29 is 14.7 Å². The molecule has 0 aromatic rings. The van der Waals surface area contributed by atoms with Gasteiger partial charge in [0, 0.05) is 23.7 Å². The van der Waals surface area contributed by atoms with E-state index in [-0.39, 0.29) is 29.1 Å². The molecule has 23 heavy (non-hydrogen) atoms.